The van der Waals surface area contributed by atoms with Crippen LogP contribution in [0.25, 0.3) is 0 Å². The Balaban J connectivity index is 1.57. The molecule has 3 rings (SSSR count). The second kappa shape index (κ2) is 8.50. The summed E-state index contributed by atoms with van der Waals surface area (Å²) in [5.74, 6) is 2.32. The van der Waals surface area contributed by atoms with Crippen molar-refractivity contribution in [1.29, 1.82) is 0 Å². The minimum absolute atomic E-state index is 0.0317. The lowest BCUT2D eigenvalue weighted by atomic mass is 10.1. The quantitative estimate of drug-likeness (QED) is 0.718. The average molecular weight is 374 g/mol. The normalized spacial score (nSPS) is 13.4. The monoisotopic (exact) mass is 374 g/mol. The number of ether oxygens (including phenoxy) is 4. The van der Waals surface area contributed by atoms with E-state index in [1.165, 1.54) is 7.11 Å². The molecule has 0 fully saturated rings. The van der Waals surface area contributed by atoms with Gasteiger partial charge in [-0.25, -0.2) is 4.79 Å². The van der Waals surface area contributed by atoms with Crippen LogP contribution in [0.1, 0.15) is 11.7 Å². The molecule has 2 amide bonds. The molecule has 8 heteroatoms. The molecule has 0 radical (unpaired) electrons. The van der Waals surface area contributed by atoms with Gasteiger partial charge in [0.1, 0.15) is 24.7 Å². The van der Waals surface area contributed by atoms with E-state index >= 15 is 0 Å². The number of nitrogens with one attached hydrogen (secondary N) is 2. The molecule has 1 aliphatic rings. The molecule has 1 atom stereocenters. The number of aliphatic hydroxyl groups excluding tert-OH is 1. The van der Waals surface area contributed by atoms with E-state index in [-0.39, 0.29) is 6.54 Å². The van der Waals surface area contributed by atoms with Crippen LogP contribution in [0.2, 0.25) is 0 Å². The summed E-state index contributed by atoms with van der Waals surface area (Å²) in [5.41, 5.74) is 1.12. The van der Waals surface area contributed by atoms with Crippen molar-refractivity contribution in [2.45, 2.75) is 6.10 Å². The van der Waals surface area contributed by atoms with E-state index in [4.69, 9.17) is 18.9 Å². The zero-order chi connectivity index (χ0) is 19.2. The van der Waals surface area contributed by atoms with Gasteiger partial charge < -0.3 is 34.7 Å². The van der Waals surface area contributed by atoms with Crippen molar-refractivity contribution >= 4 is 11.7 Å². The maximum Gasteiger partial charge on any atom is 0.319 e. The first-order chi connectivity index (χ1) is 13.1. The highest BCUT2D eigenvalue weighted by molar-refractivity contribution is 5.91. The van der Waals surface area contributed by atoms with Gasteiger partial charge in [0, 0.05) is 12.6 Å². The van der Waals surface area contributed by atoms with Crippen LogP contribution in [0.4, 0.5) is 10.5 Å². The van der Waals surface area contributed by atoms with Gasteiger partial charge in [0.15, 0.2) is 11.5 Å². The molecule has 0 aliphatic carbocycles. The van der Waals surface area contributed by atoms with Crippen molar-refractivity contribution in [3.63, 3.8) is 0 Å². The number of urea groups is 1. The molecule has 0 spiro atoms. The van der Waals surface area contributed by atoms with E-state index in [1.54, 1.807) is 43.5 Å². The van der Waals surface area contributed by atoms with Gasteiger partial charge in [-0.1, -0.05) is 6.07 Å². The van der Waals surface area contributed by atoms with E-state index in [1.807, 2.05) is 0 Å². The van der Waals surface area contributed by atoms with Gasteiger partial charge in [0.05, 0.1) is 26.0 Å². The lowest BCUT2D eigenvalue weighted by Crippen LogP contribution is -2.32. The van der Waals surface area contributed by atoms with Crippen molar-refractivity contribution in [1.82, 2.24) is 5.32 Å². The van der Waals surface area contributed by atoms with Crippen LogP contribution < -0.4 is 29.6 Å². The number of anilines is 1. The molecule has 2 aromatic carbocycles. The van der Waals surface area contributed by atoms with Crippen LogP contribution in [0.5, 0.6) is 23.0 Å². The molecular weight excluding hydrogens is 352 g/mol. The van der Waals surface area contributed by atoms with Crippen molar-refractivity contribution in [3.8, 4) is 23.0 Å². The molecule has 0 aromatic heterocycles. The lowest BCUT2D eigenvalue weighted by molar-refractivity contribution is 0.163. The first-order valence-corrected chi connectivity index (χ1v) is 8.45. The average Bonchev–Trinajstić information content (AvgIpc) is 2.71. The van der Waals surface area contributed by atoms with E-state index in [0.29, 0.717) is 47.5 Å². The SMILES string of the molecule is COc1ccc(NC(=O)NCC(O)c2ccc3c(c2)OCCO3)c(OC)c1. The van der Waals surface area contributed by atoms with Gasteiger partial charge in [-0.15, -0.1) is 0 Å². The Morgan fingerprint density at radius 3 is 2.63 bits per heavy atom. The molecule has 27 heavy (non-hydrogen) atoms. The number of rotatable bonds is 6. The van der Waals surface area contributed by atoms with Gasteiger partial charge in [0.2, 0.25) is 0 Å². The summed E-state index contributed by atoms with van der Waals surface area (Å²) in [5, 5.41) is 15.6. The van der Waals surface area contributed by atoms with Crippen LogP contribution in [0.3, 0.4) is 0 Å². The lowest BCUT2D eigenvalue weighted by Gasteiger charge is -2.20. The fourth-order valence-electron chi connectivity index (χ4n) is 2.64. The maximum atomic E-state index is 12.1. The molecule has 0 bridgehead atoms. The highest BCUT2D eigenvalue weighted by Crippen LogP contribution is 2.32. The third-order valence-corrected chi connectivity index (χ3v) is 4.06. The standard InChI is InChI=1S/C19H22N2O6/c1-24-13-4-5-14(17(10-13)25-2)21-19(23)20-11-15(22)12-3-6-16-18(9-12)27-8-7-26-16/h3-6,9-10,15,22H,7-8,11H2,1-2H3,(H2,20,21,23). The van der Waals surface area contributed by atoms with Gasteiger partial charge in [-0.05, 0) is 29.8 Å². The summed E-state index contributed by atoms with van der Waals surface area (Å²) in [7, 11) is 3.05. The molecule has 144 valence electrons. The Hall–Kier alpha value is -3.13. The number of methoxy groups -OCH3 is 2. The van der Waals surface area contributed by atoms with Crippen LogP contribution in [-0.2, 0) is 0 Å². The third-order valence-electron chi connectivity index (χ3n) is 4.06. The Labute approximate surface area is 157 Å². The highest BCUT2D eigenvalue weighted by atomic mass is 16.6. The summed E-state index contributed by atoms with van der Waals surface area (Å²) in [6.45, 7) is 1.01. The minimum atomic E-state index is -0.885. The number of benzene rings is 2. The third kappa shape index (κ3) is 4.53. The van der Waals surface area contributed by atoms with Crippen LogP contribution in [0.15, 0.2) is 36.4 Å². The molecular formula is C19H22N2O6. The van der Waals surface area contributed by atoms with Gasteiger partial charge in [-0.3, -0.25) is 0 Å². The molecule has 1 aliphatic heterocycles. The van der Waals surface area contributed by atoms with E-state index < -0.39 is 12.1 Å². The second-order valence-corrected chi connectivity index (χ2v) is 5.82. The topological polar surface area (TPSA) is 98.3 Å². The fraction of sp³-hybridized carbons (Fsp3) is 0.316. The van der Waals surface area contributed by atoms with Gasteiger partial charge >= 0.3 is 6.03 Å². The predicted molar refractivity (Wildman–Crippen MR) is 99.0 cm³/mol. The Morgan fingerprint density at radius 1 is 1.11 bits per heavy atom. The molecule has 8 nitrogen and oxygen atoms in total. The zero-order valence-corrected chi connectivity index (χ0v) is 15.2. The number of carbonyl (C=O) groups is 1. The number of fused-ring (bicyclic) bond motifs is 1. The van der Waals surface area contributed by atoms with Crippen LogP contribution >= 0.6 is 0 Å². The first-order valence-electron chi connectivity index (χ1n) is 8.45. The minimum Gasteiger partial charge on any atom is -0.497 e. The molecule has 3 N–H and O–H groups in total. The summed E-state index contributed by atoms with van der Waals surface area (Å²) < 4.78 is 21.3. The van der Waals surface area contributed by atoms with Crippen molar-refractivity contribution in [2.24, 2.45) is 0 Å². The van der Waals surface area contributed by atoms with Crippen molar-refractivity contribution < 1.29 is 28.8 Å². The number of carbonyl (C=O) groups excluding carboxylic acids is 1. The number of hydrogen-bond acceptors (Lipinski definition) is 6. The molecule has 2 aromatic rings. The number of aliphatic hydroxyl groups is 1. The highest BCUT2D eigenvalue weighted by Gasteiger charge is 2.16. The Morgan fingerprint density at radius 2 is 1.89 bits per heavy atom. The summed E-state index contributed by atoms with van der Waals surface area (Å²) in [4.78, 5) is 12.1. The van der Waals surface area contributed by atoms with Crippen LogP contribution in [-0.4, -0.2) is 45.1 Å². The van der Waals surface area contributed by atoms with E-state index in [0.717, 1.165) is 0 Å². The molecule has 0 saturated carbocycles. The molecule has 1 heterocycles. The first kappa shape index (κ1) is 18.7. The zero-order valence-electron chi connectivity index (χ0n) is 15.2. The Bertz CT molecular complexity index is 811. The van der Waals surface area contributed by atoms with Gasteiger partial charge in [0.25, 0.3) is 0 Å². The van der Waals surface area contributed by atoms with Gasteiger partial charge in [-0.2, -0.15) is 0 Å². The van der Waals surface area contributed by atoms with E-state index in [9.17, 15) is 9.90 Å². The molecule has 1 unspecified atom stereocenters. The van der Waals surface area contributed by atoms with Crippen LogP contribution in [0, 0.1) is 0 Å². The van der Waals surface area contributed by atoms with Crippen molar-refractivity contribution in [2.75, 3.05) is 39.3 Å². The largest absolute Gasteiger partial charge is 0.497 e. The maximum absolute atomic E-state index is 12.1. The summed E-state index contributed by atoms with van der Waals surface area (Å²) >= 11 is 0. The number of hydrogen-bond donors (Lipinski definition) is 3. The number of amides is 2. The molecule has 0 saturated heterocycles. The van der Waals surface area contributed by atoms with Crippen molar-refractivity contribution in [3.05, 3.63) is 42.0 Å². The predicted octanol–water partition coefficient (Wildman–Crippen LogP) is 2.33. The fourth-order valence-corrected chi connectivity index (χ4v) is 2.64. The summed E-state index contributed by atoms with van der Waals surface area (Å²) in [6.07, 6.45) is -0.885. The summed E-state index contributed by atoms with van der Waals surface area (Å²) in [6, 6.07) is 9.79. The smallest absolute Gasteiger partial charge is 0.319 e. The Kier molecular flexibility index (Phi) is 5.87. The second-order valence-electron chi connectivity index (χ2n) is 5.82. The van der Waals surface area contributed by atoms with E-state index in [2.05, 4.69) is 10.6 Å².